The zero-order valence-electron chi connectivity index (χ0n) is 19.2. The van der Waals surface area contributed by atoms with Gasteiger partial charge in [-0.25, -0.2) is 9.18 Å². The van der Waals surface area contributed by atoms with Crippen molar-refractivity contribution in [1.82, 2.24) is 0 Å². The van der Waals surface area contributed by atoms with Crippen molar-refractivity contribution < 1.29 is 23.1 Å². The maximum atomic E-state index is 13.4. The number of nitrogens with zero attached hydrogens (tertiary/aromatic N) is 1. The zero-order valence-corrected chi connectivity index (χ0v) is 21.5. The number of rotatable bonds is 7. The van der Waals surface area contributed by atoms with Crippen LogP contribution in [0.3, 0.4) is 0 Å². The molecule has 0 unspecified atom stereocenters. The summed E-state index contributed by atoms with van der Waals surface area (Å²) in [5.41, 5.74) is 1.49. The van der Waals surface area contributed by atoms with E-state index >= 15 is 0 Å². The largest absolute Gasteiger partial charge is 0.462 e. The first-order valence-corrected chi connectivity index (χ1v) is 12.5. The van der Waals surface area contributed by atoms with Gasteiger partial charge in [0.15, 0.2) is 0 Å². The van der Waals surface area contributed by atoms with Crippen LogP contribution in [-0.4, -0.2) is 18.5 Å². The Balaban J connectivity index is 1.62. The third kappa shape index (κ3) is 5.92. The Morgan fingerprint density at radius 2 is 1.89 bits per heavy atom. The Morgan fingerprint density at radius 1 is 1.14 bits per heavy atom. The van der Waals surface area contributed by atoms with Gasteiger partial charge in [0.2, 0.25) is 0 Å². The average molecular weight is 555 g/mol. The Bertz CT molecular complexity index is 1550. The minimum Gasteiger partial charge on any atom is -0.462 e. The molecular weight excluding hydrogens is 538 g/mol. The molecule has 0 bridgehead atoms. The Morgan fingerprint density at radius 3 is 2.57 bits per heavy atom. The fourth-order valence-electron chi connectivity index (χ4n) is 3.42. The smallest absolute Gasteiger partial charge is 0.341 e. The number of amides is 1. The summed E-state index contributed by atoms with van der Waals surface area (Å²) in [6, 6.07) is 15.6. The summed E-state index contributed by atoms with van der Waals surface area (Å²) < 4.78 is 24.3. The third-order valence-corrected chi connectivity index (χ3v) is 6.57. The number of esters is 1. The molecule has 1 N–H and O–H groups in total. The van der Waals surface area contributed by atoms with Crippen molar-refractivity contribution in [2.75, 3.05) is 11.9 Å². The third-order valence-electron chi connectivity index (χ3n) is 5.13. The molecule has 0 atom stereocenters. The van der Waals surface area contributed by atoms with Crippen molar-refractivity contribution in [3.8, 4) is 28.5 Å². The molecule has 1 amide bonds. The molecule has 0 aliphatic heterocycles. The molecule has 0 radical (unpaired) electrons. The lowest BCUT2D eigenvalue weighted by Gasteiger charge is -2.08. The predicted molar refractivity (Wildman–Crippen MR) is 142 cm³/mol. The van der Waals surface area contributed by atoms with E-state index in [1.54, 1.807) is 42.6 Å². The minimum atomic E-state index is -0.747. The van der Waals surface area contributed by atoms with Crippen LogP contribution in [0.25, 0.3) is 28.5 Å². The quantitative estimate of drug-likeness (QED) is 0.143. The monoisotopic (exact) mass is 554 g/mol. The highest BCUT2D eigenvalue weighted by atomic mass is 35.5. The van der Waals surface area contributed by atoms with Crippen LogP contribution in [0.1, 0.15) is 23.0 Å². The standard InChI is InChI=1S/C27H17Cl2FN2O4S/c1-2-35-27(34)24-21(15-3-6-18(30)7-4-15)14-37-26(24)32-25(33)16(13-31)11-19-8-10-23(36-19)20-9-5-17(28)12-22(20)29/h3-12,14H,2H2,1H3,(H,32,33). The molecule has 0 saturated carbocycles. The highest BCUT2D eigenvalue weighted by Gasteiger charge is 2.24. The lowest BCUT2D eigenvalue weighted by molar-refractivity contribution is -0.112. The van der Waals surface area contributed by atoms with E-state index in [4.69, 9.17) is 32.4 Å². The van der Waals surface area contributed by atoms with Gasteiger partial charge < -0.3 is 14.5 Å². The van der Waals surface area contributed by atoms with Gasteiger partial charge in [-0.15, -0.1) is 11.3 Å². The minimum absolute atomic E-state index is 0.113. The van der Waals surface area contributed by atoms with E-state index in [2.05, 4.69) is 5.32 Å². The zero-order chi connectivity index (χ0) is 26.5. The van der Waals surface area contributed by atoms with Gasteiger partial charge in [-0.3, -0.25) is 4.79 Å². The van der Waals surface area contributed by atoms with Crippen LogP contribution in [0.2, 0.25) is 10.0 Å². The molecular formula is C27H17Cl2FN2O4S. The fourth-order valence-corrected chi connectivity index (χ4v) is 4.88. The molecule has 0 saturated heterocycles. The summed E-state index contributed by atoms with van der Waals surface area (Å²) in [5.74, 6) is -1.15. The second kappa shape index (κ2) is 11.4. The molecule has 10 heteroatoms. The van der Waals surface area contributed by atoms with Gasteiger partial charge in [0.05, 0.1) is 11.6 Å². The Kier molecular flexibility index (Phi) is 8.09. The summed E-state index contributed by atoms with van der Waals surface area (Å²) in [7, 11) is 0. The molecule has 2 aromatic heterocycles. The maximum Gasteiger partial charge on any atom is 0.341 e. The van der Waals surface area contributed by atoms with Crippen LogP contribution in [0.5, 0.6) is 0 Å². The molecule has 0 fully saturated rings. The number of hydrogen-bond acceptors (Lipinski definition) is 6. The van der Waals surface area contributed by atoms with E-state index in [0.29, 0.717) is 32.5 Å². The second-order valence-corrected chi connectivity index (χ2v) is 9.25. The molecule has 6 nitrogen and oxygen atoms in total. The van der Waals surface area contributed by atoms with Crippen LogP contribution >= 0.6 is 34.5 Å². The number of carbonyl (C=O) groups is 2. The van der Waals surface area contributed by atoms with Crippen molar-refractivity contribution in [2.45, 2.75) is 6.92 Å². The molecule has 2 heterocycles. The Labute approximate surface area is 225 Å². The first-order chi connectivity index (χ1) is 17.8. The molecule has 4 rings (SSSR count). The van der Waals surface area contributed by atoms with E-state index in [-0.39, 0.29) is 28.5 Å². The van der Waals surface area contributed by atoms with Gasteiger partial charge in [-0.2, -0.15) is 5.26 Å². The topological polar surface area (TPSA) is 92.3 Å². The van der Waals surface area contributed by atoms with Gasteiger partial charge in [-0.1, -0.05) is 35.3 Å². The normalized spacial score (nSPS) is 11.2. The van der Waals surface area contributed by atoms with Crippen LogP contribution in [0.4, 0.5) is 9.39 Å². The number of hydrogen-bond donors (Lipinski definition) is 1. The van der Waals surface area contributed by atoms with Crippen molar-refractivity contribution in [1.29, 1.82) is 5.26 Å². The number of anilines is 1. The van der Waals surface area contributed by atoms with Crippen LogP contribution in [0, 0.1) is 17.1 Å². The van der Waals surface area contributed by atoms with E-state index in [0.717, 1.165) is 11.3 Å². The van der Waals surface area contributed by atoms with E-state index < -0.39 is 17.7 Å². The highest BCUT2D eigenvalue weighted by Crippen LogP contribution is 2.37. The first-order valence-electron chi connectivity index (χ1n) is 10.8. The van der Waals surface area contributed by atoms with E-state index in [9.17, 15) is 19.2 Å². The lowest BCUT2D eigenvalue weighted by Crippen LogP contribution is -2.16. The van der Waals surface area contributed by atoms with Crippen LogP contribution in [-0.2, 0) is 9.53 Å². The van der Waals surface area contributed by atoms with Crippen molar-refractivity contribution in [2.24, 2.45) is 0 Å². The number of thiophene rings is 1. The van der Waals surface area contributed by atoms with E-state index in [1.165, 1.54) is 30.3 Å². The molecule has 2 aromatic carbocycles. The van der Waals surface area contributed by atoms with Gasteiger partial charge in [0, 0.05) is 27.6 Å². The number of nitriles is 1. The average Bonchev–Trinajstić information content (AvgIpc) is 3.50. The van der Waals surface area contributed by atoms with Gasteiger partial charge in [0.25, 0.3) is 5.91 Å². The summed E-state index contributed by atoms with van der Waals surface area (Å²) in [4.78, 5) is 25.7. The van der Waals surface area contributed by atoms with Crippen LogP contribution in [0.15, 0.2) is 70.0 Å². The highest BCUT2D eigenvalue weighted by molar-refractivity contribution is 7.15. The fraction of sp³-hybridized carbons (Fsp3) is 0.0741. The van der Waals surface area contributed by atoms with Crippen molar-refractivity contribution in [3.05, 3.63) is 92.7 Å². The van der Waals surface area contributed by atoms with Gasteiger partial charge >= 0.3 is 5.97 Å². The number of benzene rings is 2. The number of halogens is 3. The van der Waals surface area contributed by atoms with Gasteiger partial charge in [0.1, 0.15) is 39.5 Å². The summed E-state index contributed by atoms with van der Waals surface area (Å²) in [6.45, 7) is 1.78. The first kappa shape index (κ1) is 26.2. The molecule has 0 aliphatic rings. The molecule has 0 spiro atoms. The van der Waals surface area contributed by atoms with Gasteiger partial charge in [-0.05, 0) is 55.0 Å². The van der Waals surface area contributed by atoms with Crippen molar-refractivity contribution >= 4 is 57.5 Å². The summed E-state index contributed by atoms with van der Waals surface area (Å²) in [5, 5.41) is 14.9. The Hall–Kier alpha value is -3.90. The van der Waals surface area contributed by atoms with E-state index in [1.807, 2.05) is 6.07 Å². The second-order valence-electron chi connectivity index (χ2n) is 7.53. The lowest BCUT2D eigenvalue weighted by atomic mass is 10.0. The molecule has 4 aromatic rings. The maximum absolute atomic E-state index is 13.4. The van der Waals surface area contributed by atoms with Crippen LogP contribution < -0.4 is 5.32 Å². The summed E-state index contributed by atoms with van der Waals surface area (Å²) >= 11 is 13.3. The summed E-state index contributed by atoms with van der Waals surface area (Å²) in [6.07, 6.45) is 1.28. The molecule has 37 heavy (non-hydrogen) atoms. The predicted octanol–water partition coefficient (Wildman–Crippen LogP) is 7.84. The number of ether oxygens (including phenoxy) is 1. The molecule has 0 aliphatic carbocycles. The molecule has 186 valence electrons. The van der Waals surface area contributed by atoms with Crippen molar-refractivity contribution in [3.63, 3.8) is 0 Å². The SMILES string of the molecule is CCOC(=O)c1c(-c2ccc(F)cc2)csc1NC(=O)C(C#N)=Cc1ccc(-c2ccc(Cl)cc2Cl)o1. The number of carbonyl (C=O) groups excluding carboxylic acids is 2. The number of nitrogens with one attached hydrogen (secondary N) is 1. The number of furan rings is 1.